The molecule has 0 aliphatic heterocycles. The first-order valence-corrected chi connectivity index (χ1v) is 21.7. The lowest BCUT2D eigenvalue weighted by atomic mass is 10.0. The van der Waals surface area contributed by atoms with Gasteiger partial charge in [-0.2, -0.15) is 0 Å². The first-order valence-electron chi connectivity index (χ1n) is 21.7. The summed E-state index contributed by atoms with van der Waals surface area (Å²) in [5, 5.41) is 9.52. The number of nitrogens with zero attached hydrogens (tertiary/aromatic N) is 5. The normalized spacial score (nSPS) is 11.8. The van der Waals surface area contributed by atoms with Gasteiger partial charge >= 0.3 is 0 Å². The summed E-state index contributed by atoms with van der Waals surface area (Å²) < 4.78 is 4.87. The highest BCUT2D eigenvalue weighted by atomic mass is 15.0. The van der Waals surface area contributed by atoms with Gasteiger partial charge in [-0.1, -0.05) is 170 Å². The molecule has 298 valence electrons. The number of aromatic nitrogens is 5. The van der Waals surface area contributed by atoms with Gasteiger partial charge in [-0.3, -0.25) is 0 Å². The molecule has 13 aromatic rings. The summed E-state index contributed by atoms with van der Waals surface area (Å²) in [7, 11) is 0. The van der Waals surface area contributed by atoms with Crippen LogP contribution in [0.3, 0.4) is 0 Å². The van der Waals surface area contributed by atoms with Crippen molar-refractivity contribution in [2.75, 3.05) is 0 Å². The minimum absolute atomic E-state index is 0.627. The van der Waals surface area contributed by atoms with E-state index in [4.69, 9.17) is 15.0 Å². The Morgan fingerprint density at radius 1 is 0.266 bits per heavy atom. The van der Waals surface area contributed by atoms with Crippen LogP contribution in [0.1, 0.15) is 0 Å². The van der Waals surface area contributed by atoms with E-state index in [9.17, 15) is 0 Å². The van der Waals surface area contributed by atoms with Gasteiger partial charge in [0.25, 0.3) is 0 Å². The lowest BCUT2D eigenvalue weighted by Gasteiger charge is -2.15. The average Bonchev–Trinajstić information content (AvgIpc) is 3.86. The minimum atomic E-state index is 0.627. The molecule has 5 heteroatoms. The van der Waals surface area contributed by atoms with Crippen molar-refractivity contribution >= 4 is 65.2 Å². The predicted molar refractivity (Wildman–Crippen MR) is 265 cm³/mol. The molecule has 64 heavy (non-hydrogen) atoms. The highest BCUT2D eigenvalue weighted by molar-refractivity contribution is 6.21. The maximum Gasteiger partial charge on any atom is 0.164 e. The average molecular weight is 816 g/mol. The fraction of sp³-hybridized carbons (Fsp3) is 0. The molecule has 0 aliphatic rings. The van der Waals surface area contributed by atoms with Crippen LogP contribution in [-0.4, -0.2) is 24.1 Å². The number of benzene rings is 10. The fourth-order valence-corrected chi connectivity index (χ4v) is 9.74. The highest BCUT2D eigenvalue weighted by Gasteiger charge is 2.22. The van der Waals surface area contributed by atoms with E-state index >= 15 is 0 Å². The van der Waals surface area contributed by atoms with Crippen LogP contribution in [0.4, 0.5) is 0 Å². The molecular weight excluding hydrogens is 779 g/mol. The molecule has 0 atom stereocenters. The standard InChI is InChI=1S/C59H37N5/c1-4-16-38(17-5-1)39-28-30-41(31-29-39)58-60-57(40-18-6-2-7-19-40)61-59(62-58)48-32-33-53(46-25-13-12-24-45(46)48)64-52-27-15-14-26-47(52)50-36-51-49-34-42-20-10-11-21-43(42)35-54(49)63(55(51)37-56(50)64)44-22-8-3-9-23-44/h1-37H. The molecule has 3 heterocycles. The minimum Gasteiger partial charge on any atom is -0.309 e. The number of para-hydroxylation sites is 2. The summed E-state index contributed by atoms with van der Waals surface area (Å²) in [6.07, 6.45) is 0. The maximum absolute atomic E-state index is 5.23. The van der Waals surface area contributed by atoms with Crippen molar-refractivity contribution in [2.24, 2.45) is 0 Å². The van der Waals surface area contributed by atoms with Gasteiger partial charge in [0.1, 0.15) is 0 Å². The lowest BCUT2D eigenvalue weighted by Crippen LogP contribution is -2.02. The van der Waals surface area contributed by atoms with Crippen LogP contribution in [0.2, 0.25) is 0 Å². The summed E-state index contributed by atoms with van der Waals surface area (Å²) in [5.41, 5.74) is 12.0. The Morgan fingerprint density at radius 2 is 0.750 bits per heavy atom. The SMILES string of the molecule is c1ccc(-c2ccc(-c3nc(-c4ccccc4)nc(-c4ccc(-n5c6ccccc6c6cc7c8cc9ccccc9cc8n(-c8ccccc8)c7cc65)c5ccccc45)n3)cc2)cc1. The Labute approximate surface area is 368 Å². The Kier molecular flexibility index (Phi) is 8.15. The van der Waals surface area contributed by atoms with Crippen molar-refractivity contribution in [3.8, 4) is 56.7 Å². The molecule has 0 amide bonds. The van der Waals surface area contributed by atoms with Gasteiger partial charge in [0.05, 0.1) is 27.8 Å². The van der Waals surface area contributed by atoms with E-state index in [0.717, 1.165) is 61.0 Å². The van der Waals surface area contributed by atoms with E-state index in [1.54, 1.807) is 0 Å². The van der Waals surface area contributed by atoms with Crippen LogP contribution in [0.5, 0.6) is 0 Å². The van der Waals surface area contributed by atoms with E-state index in [2.05, 4.69) is 209 Å². The predicted octanol–water partition coefficient (Wildman–Crippen LogP) is 15.0. The van der Waals surface area contributed by atoms with Crippen molar-refractivity contribution in [2.45, 2.75) is 0 Å². The molecule has 0 unspecified atom stereocenters. The molecule has 0 saturated carbocycles. The van der Waals surface area contributed by atoms with Gasteiger partial charge in [0.2, 0.25) is 0 Å². The van der Waals surface area contributed by atoms with Crippen LogP contribution in [0, 0.1) is 0 Å². The number of hydrogen-bond acceptors (Lipinski definition) is 3. The van der Waals surface area contributed by atoms with Crippen molar-refractivity contribution in [3.63, 3.8) is 0 Å². The smallest absolute Gasteiger partial charge is 0.164 e. The van der Waals surface area contributed by atoms with Crippen LogP contribution in [0.25, 0.3) is 122 Å². The van der Waals surface area contributed by atoms with E-state index in [-0.39, 0.29) is 0 Å². The summed E-state index contributed by atoms with van der Waals surface area (Å²) in [6.45, 7) is 0. The second kappa shape index (κ2) is 14.5. The summed E-state index contributed by atoms with van der Waals surface area (Å²) in [6, 6.07) is 79.9. The van der Waals surface area contributed by atoms with Gasteiger partial charge in [0, 0.05) is 49.3 Å². The van der Waals surface area contributed by atoms with Crippen molar-refractivity contribution in [1.82, 2.24) is 24.1 Å². The van der Waals surface area contributed by atoms with E-state index in [0.29, 0.717) is 17.5 Å². The largest absolute Gasteiger partial charge is 0.309 e. The van der Waals surface area contributed by atoms with E-state index in [1.165, 1.54) is 43.4 Å². The zero-order valence-electron chi connectivity index (χ0n) is 34.6. The molecular formula is C59H37N5. The Bertz CT molecular complexity index is 3930. The lowest BCUT2D eigenvalue weighted by molar-refractivity contribution is 1.08. The van der Waals surface area contributed by atoms with Crippen LogP contribution < -0.4 is 0 Å². The molecule has 0 fully saturated rings. The summed E-state index contributed by atoms with van der Waals surface area (Å²) in [4.78, 5) is 15.5. The second-order valence-corrected chi connectivity index (χ2v) is 16.4. The van der Waals surface area contributed by atoms with Crippen molar-refractivity contribution < 1.29 is 0 Å². The number of hydrogen-bond donors (Lipinski definition) is 0. The molecule has 0 bridgehead atoms. The molecule has 10 aromatic carbocycles. The van der Waals surface area contributed by atoms with Gasteiger partial charge in [0.15, 0.2) is 17.5 Å². The van der Waals surface area contributed by atoms with Crippen molar-refractivity contribution in [1.29, 1.82) is 0 Å². The third-order valence-electron chi connectivity index (χ3n) is 12.7. The van der Waals surface area contributed by atoms with Gasteiger partial charge in [-0.15, -0.1) is 0 Å². The molecule has 3 aromatic heterocycles. The van der Waals surface area contributed by atoms with Crippen LogP contribution in [0.15, 0.2) is 224 Å². The zero-order valence-corrected chi connectivity index (χ0v) is 34.6. The topological polar surface area (TPSA) is 48.5 Å². The maximum atomic E-state index is 5.23. The highest BCUT2D eigenvalue weighted by Crippen LogP contribution is 2.43. The van der Waals surface area contributed by atoms with Crippen molar-refractivity contribution in [3.05, 3.63) is 224 Å². The quantitative estimate of drug-likeness (QED) is 0.168. The third-order valence-corrected chi connectivity index (χ3v) is 12.7. The first-order chi connectivity index (χ1) is 31.7. The molecule has 0 radical (unpaired) electrons. The molecule has 0 aliphatic carbocycles. The monoisotopic (exact) mass is 815 g/mol. The Hall–Kier alpha value is -8.67. The zero-order chi connectivity index (χ0) is 42.1. The van der Waals surface area contributed by atoms with Gasteiger partial charge in [-0.05, 0) is 81.9 Å². The number of fused-ring (bicyclic) bond motifs is 8. The number of rotatable bonds is 6. The summed E-state index contributed by atoms with van der Waals surface area (Å²) >= 11 is 0. The van der Waals surface area contributed by atoms with Crippen LogP contribution in [-0.2, 0) is 0 Å². The van der Waals surface area contributed by atoms with Gasteiger partial charge in [-0.25, -0.2) is 15.0 Å². The Morgan fingerprint density at radius 3 is 1.48 bits per heavy atom. The van der Waals surface area contributed by atoms with Crippen LogP contribution >= 0.6 is 0 Å². The molecule has 0 saturated heterocycles. The van der Waals surface area contributed by atoms with Gasteiger partial charge < -0.3 is 9.13 Å². The Balaban J connectivity index is 1.04. The van der Waals surface area contributed by atoms with E-state index < -0.39 is 0 Å². The van der Waals surface area contributed by atoms with E-state index in [1.807, 2.05) is 24.3 Å². The molecule has 0 N–H and O–H groups in total. The third kappa shape index (κ3) is 5.75. The second-order valence-electron chi connectivity index (χ2n) is 16.4. The summed E-state index contributed by atoms with van der Waals surface area (Å²) in [5.74, 6) is 1.89. The molecule has 5 nitrogen and oxygen atoms in total. The first kappa shape index (κ1) is 36.0. The molecule has 0 spiro atoms. The molecule has 13 rings (SSSR count). The fourth-order valence-electron chi connectivity index (χ4n) is 9.74.